The molecular weight excluding hydrogens is 280 g/mol. The van der Waals surface area contributed by atoms with Crippen LogP contribution in [-0.4, -0.2) is 65.6 Å². The number of ether oxygens (including phenoxy) is 1. The lowest BCUT2D eigenvalue weighted by Gasteiger charge is -2.39. The number of aromatic nitrogens is 2. The third-order valence-corrected chi connectivity index (χ3v) is 4.81. The predicted octanol–water partition coefficient (Wildman–Crippen LogP) is 0.937. The number of hydrogen-bond acceptors (Lipinski definition) is 5. The summed E-state index contributed by atoms with van der Waals surface area (Å²) in [6.45, 7) is 4.69. The minimum absolute atomic E-state index is 0.194. The average Bonchev–Trinajstić information content (AvgIpc) is 2.94. The Kier molecular flexibility index (Phi) is 4.69. The fourth-order valence-electron chi connectivity index (χ4n) is 3.65. The number of amides is 1. The van der Waals surface area contributed by atoms with Crippen molar-refractivity contribution in [2.45, 2.75) is 25.8 Å². The van der Waals surface area contributed by atoms with Gasteiger partial charge in [-0.1, -0.05) is 0 Å². The molecule has 2 saturated heterocycles. The molecule has 0 bridgehead atoms. The maximum absolute atomic E-state index is 12.9. The predicted molar refractivity (Wildman–Crippen MR) is 82.0 cm³/mol. The van der Waals surface area contributed by atoms with Gasteiger partial charge in [0.25, 0.3) is 0 Å². The van der Waals surface area contributed by atoms with Crippen molar-refractivity contribution >= 4 is 5.91 Å². The molecule has 0 saturated carbocycles. The number of carbonyl (C=O) groups excluding carboxylic acids is 1. The lowest BCUT2D eigenvalue weighted by molar-refractivity contribution is -0.146. The number of hydrogen-bond donors (Lipinski definition) is 0. The summed E-state index contributed by atoms with van der Waals surface area (Å²) in [5.74, 6) is 1.14. The maximum atomic E-state index is 12.9. The maximum Gasteiger partial charge on any atom is 0.230 e. The van der Waals surface area contributed by atoms with E-state index in [1.165, 1.54) is 0 Å². The van der Waals surface area contributed by atoms with Crippen LogP contribution in [0, 0.1) is 5.41 Å². The lowest BCUT2D eigenvalue weighted by Crippen LogP contribution is -2.50. The molecule has 3 rings (SSSR count). The van der Waals surface area contributed by atoms with Crippen LogP contribution in [-0.2, 0) is 16.1 Å². The summed E-state index contributed by atoms with van der Waals surface area (Å²) in [5, 5.41) is 0. The Morgan fingerprint density at radius 3 is 2.86 bits per heavy atom. The molecule has 1 amide bonds. The molecule has 0 unspecified atom stereocenters. The number of nitrogens with zero attached hydrogens (tertiary/aromatic N) is 4. The van der Waals surface area contributed by atoms with Crippen LogP contribution in [0.15, 0.2) is 18.5 Å². The second-order valence-electron chi connectivity index (χ2n) is 6.29. The summed E-state index contributed by atoms with van der Waals surface area (Å²) in [6.07, 6.45) is 6.58. The van der Waals surface area contributed by atoms with Gasteiger partial charge in [0.05, 0.1) is 18.6 Å². The summed E-state index contributed by atoms with van der Waals surface area (Å²) >= 11 is 0. The van der Waals surface area contributed by atoms with Crippen LogP contribution in [0.1, 0.15) is 25.1 Å². The standard InChI is InChI=1S/C16H24N4O2/c1-22-11-10-20-8-2-4-16(15(20)21)5-9-19(13-16)12-14-17-6-3-7-18-14/h3,6-7H,2,4-5,8-13H2,1H3/t16-/m0/s1. The van der Waals surface area contributed by atoms with Gasteiger partial charge in [-0.05, 0) is 31.9 Å². The first kappa shape index (κ1) is 15.4. The largest absolute Gasteiger partial charge is 0.383 e. The molecule has 0 aliphatic carbocycles. The Bertz CT molecular complexity index is 510. The molecule has 22 heavy (non-hydrogen) atoms. The summed E-state index contributed by atoms with van der Waals surface area (Å²) in [6, 6.07) is 1.83. The van der Waals surface area contributed by atoms with Crippen molar-refractivity contribution in [3.63, 3.8) is 0 Å². The van der Waals surface area contributed by atoms with Crippen molar-refractivity contribution in [2.75, 3.05) is 39.9 Å². The van der Waals surface area contributed by atoms with Gasteiger partial charge in [0.2, 0.25) is 5.91 Å². The van der Waals surface area contributed by atoms with Crippen molar-refractivity contribution in [3.05, 3.63) is 24.3 Å². The summed E-state index contributed by atoms with van der Waals surface area (Å²) in [7, 11) is 1.68. The van der Waals surface area contributed by atoms with Gasteiger partial charge in [-0.2, -0.15) is 0 Å². The number of carbonyl (C=O) groups is 1. The van der Waals surface area contributed by atoms with Crippen molar-refractivity contribution < 1.29 is 9.53 Å². The van der Waals surface area contributed by atoms with Crippen molar-refractivity contribution in [1.82, 2.24) is 19.8 Å². The highest BCUT2D eigenvalue weighted by Gasteiger charge is 2.48. The van der Waals surface area contributed by atoms with Crippen LogP contribution >= 0.6 is 0 Å². The highest BCUT2D eigenvalue weighted by molar-refractivity contribution is 5.84. The van der Waals surface area contributed by atoms with Gasteiger partial charge in [0, 0.05) is 39.1 Å². The number of likely N-dealkylation sites (tertiary alicyclic amines) is 2. The molecule has 0 aromatic carbocycles. The van der Waals surface area contributed by atoms with Gasteiger partial charge in [0.15, 0.2) is 0 Å². The highest BCUT2D eigenvalue weighted by Crippen LogP contribution is 2.40. The fourth-order valence-corrected chi connectivity index (χ4v) is 3.65. The van der Waals surface area contributed by atoms with Gasteiger partial charge in [-0.3, -0.25) is 9.69 Å². The van der Waals surface area contributed by atoms with Gasteiger partial charge in [-0.15, -0.1) is 0 Å². The first-order valence-corrected chi connectivity index (χ1v) is 8.00. The van der Waals surface area contributed by atoms with E-state index in [1.807, 2.05) is 11.0 Å². The molecular formula is C16H24N4O2. The van der Waals surface area contributed by atoms with Gasteiger partial charge < -0.3 is 9.64 Å². The van der Waals surface area contributed by atoms with Crippen LogP contribution in [0.25, 0.3) is 0 Å². The molecule has 120 valence electrons. The molecule has 1 aromatic rings. The van der Waals surface area contributed by atoms with E-state index in [-0.39, 0.29) is 5.41 Å². The third-order valence-electron chi connectivity index (χ3n) is 4.81. The molecule has 1 spiro atoms. The second-order valence-corrected chi connectivity index (χ2v) is 6.29. The van der Waals surface area contributed by atoms with Crippen molar-refractivity contribution in [3.8, 4) is 0 Å². The van der Waals surface area contributed by atoms with E-state index in [1.54, 1.807) is 19.5 Å². The third kappa shape index (κ3) is 3.13. The average molecular weight is 304 g/mol. The lowest BCUT2D eigenvalue weighted by atomic mass is 9.78. The number of methoxy groups -OCH3 is 1. The SMILES string of the molecule is COCCN1CCC[C@@]2(CCN(Cc3ncccn3)C2)C1=O. The van der Waals surface area contributed by atoms with Gasteiger partial charge in [-0.25, -0.2) is 9.97 Å². The van der Waals surface area contributed by atoms with E-state index in [4.69, 9.17) is 4.74 Å². The minimum atomic E-state index is -0.194. The molecule has 3 heterocycles. The van der Waals surface area contributed by atoms with Gasteiger partial charge >= 0.3 is 0 Å². The number of rotatable bonds is 5. The Balaban J connectivity index is 1.63. The Hall–Kier alpha value is -1.53. The zero-order chi connectivity index (χ0) is 15.4. The van der Waals surface area contributed by atoms with E-state index in [2.05, 4.69) is 14.9 Å². The zero-order valence-corrected chi connectivity index (χ0v) is 13.2. The van der Waals surface area contributed by atoms with E-state index < -0.39 is 0 Å². The first-order chi connectivity index (χ1) is 10.7. The van der Waals surface area contributed by atoms with E-state index in [0.29, 0.717) is 19.1 Å². The number of piperidine rings is 1. The van der Waals surface area contributed by atoms with E-state index >= 15 is 0 Å². The molecule has 2 fully saturated rings. The zero-order valence-electron chi connectivity index (χ0n) is 13.2. The topological polar surface area (TPSA) is 58.6 Å². The Morgan fingerprint density at radius 1 is 1.27 bits per heavy atom. The van der Waals surface area contributed by atoms with Crippen molar-refractivity contribution in [2.24, 2.45) is 5.41 Å². The molecule has 6 heteroatoms. The summed E-state index contributed by atoms with van der Waals surface area (Å²) in [5.41, 5.74) is -0.194. The van der Waals surface area contributed by atoms with E-state index in [0.717, 1.165) is 51.3 Å². The van der Waals surface area contributed by atoms with E-state index in [9.17, 15) is 4.79 Å². The molecule has 6 nitrogen and oxygen atoms in total. The van der Waals surface area contributed by atoms with Crippen molar-refractivity contribution in [1.29, 1.82) is 0 Å². The van der Waals surface area contributed by atoms with Crippen LogP contribution in [0.3, 0.4) is 0 Å². The Morgan fingerprint density at radius 2 is 2.09 bits per heavy atom. The molecule has 0 N–H and O–H groups in total. The minimum Gasteiger partial charge on any atom is -0.383 e. The monoisotopic (exact) mass is 304 g/mol. The van der Waals surface area contributed by atoms with Gasteiger partial charge in [0.1, 0.15) is 5.82 Å². The summed E-state index contributed by atoms with van der Waals surface area (Å²) in [4.78, 5) is 25.7. The molecule has 0 radical (unpaired) electrons. The van der Waals surface area contributed by atoms with Crippen LogP contribution < -0.4 is 0 Å². The highest BCUT2D eigenvalue weighted by atomic mass is 16.5. The fraction of sp³-hybridized carbons (Fsp3) is 0.688. The molecule has 1 atom stereocenters. The Labute approximate surface area is 131 Å². The van der Waals surface area contributed by atoms with Crippen LogP contribution in [0.5, 0.6) is 0 Å². The first-order valence-electron chi connectivity index (χ1n) is 8.00. The van der Waals surface area contributed by atoms with Crippen LogP contribution in [0.2, 0.25) is 0 Å². The second kappa shape index (κ2) is 6.71. The summed E-state index contributed by atoms with van der Waals surface area (Å²) < 4.78 is 5.12. The van der Waals surface area contributed by atoms with Crippen LogP contribution in [0.4, 0.5) is 0 Å². The molecule has 1 aromatic heterocycles. The molecule has 2 aliphatic rings. The smallest absolute Gasteiger partial charge is 0.230 e. The molecule has 2 aliphatic heterocycles. The quantitative estimate of drug-likeness (QED) is 0.810. The normalized spacial score (nSPS) is 26.0.